The van der Waals surface area contributed by atoms with E-state index in [4.69, 9.17) is 0 Å². The second-order valence-corrected chi connectivity index (χ2v) is 5.64. The van der Waals surface area contributed by atoms with Gasteiger partial charge in [-0.05, 0) is 40.4 Å². The number of hydrogen-bond donors (Lipinski definition) is 0. The van der Waals surface area contributed by atoms with Crippen molar-refractivity contribution >= 4 is 0 Å². The Labute approximate surface area is 138 Å². The van der Waals surface area contributed by atoms with Crippen LogP contribution < -0.4 is 0 Å². The number of rotatable bonds is 10. The highest BCUT2D eigenvalue weighted by Crippen LogP contribution is 2.53. The van der Waals surface area contributed by atoms with Crippen LogP contribution in [0.2, 0.25) is 0 Å². The molecule has 1 unspecified atom stereocenters. The van der Waals surface area contributed by atoms with Gasteiger partial charge in [0.1, 0.15) is 5.60 Å². The maximum absolute atomic E-state index is 14.1. The highest BCUT2D eigenvalue weighted by molar-refractivity contribution is 5.05. The zero-order valence-electron chi connectivity index (χ0n) is 13.8. The Kier molecular flexibility index (Phi) is 7.65. The SMILES string of the molecule is COC(C)(CCCN(C)C)C(F)(F)C(F)(F)C(F)(F)OC(F)=C(F)F. The zero-order chi connectivity index (χ0) is 20.3. The van der Waals surface area contributed by atoms with E-state index in [-0.39, 0.29) is 13.0 Å². The zero-order valence-corrected chi connectivity index (χ0v) is 13.8. The van der Waals surface area contributed by atoms with E-state index in [1.165, 1.54) is 4.90 Å². The fourth-order valence-corrected chi connectivity index (χ4v) is 1.85. The van der Waals surface area contributed by atoms with Crippen LogP contribution >= 0.6 is 0 Å². The molecule has 3 nitrogen and oxygen atoms in total. The van der Waals surface area contributed by atoms with Gasteiger partial charge in [0.05, 0.1) is 0 Å². The maximum atomic E-state index is 14.1. The Bertz CT molecular complexity index is 478. The van der Waals surface area contributed by atoms with Crippen molar-refractivity contribution in [2.24, 2.45) is 0 Å². The fourth-order valence-electron chi connectivity index (χ4n) is 1.85. The van der Waals surface area contributed by atoms with Gasteiger partial charge in [0, 0.05) is 7.11 Å². The van der Waals surface area contributed by atoms with E-state index in [2.05, 4.69) is 9.47 Å². The molecule has 0 rings (SSSR count). The summed E-state index contributed by atoms with van der Waals surface area (Å²) in [4.78, 5) is 1.52. The Balaban J connectivity index is 5.69. The normalized spacial score (nSPS) is 15.9. The monoisotopic (exact) mass is 391 g/mol. The van der Waals surface area contributed by atoms with Crippen LogP contribution in [0.15, 0.2) is 12.1 Å². The molecule has 0 radical (unpaired) electrons. The van der Waals surface area contributed by atoms with Gasteiger partial charge in [0.15, 0.2) is 0 Å². The molecule has 0 saturated heterocycles. The van der Waals surface area contributed by atoms with Gasteiger partial charge in [0.2, 0.25) is 0 Å². The van der Waals surface area contributed by atoms with Crippen molar-refractivity contribution in [1.82, 2.24) is 4.90 Å². The van der Waals surface area contributed by atoms with Gasteiger partial charge >= 0.3 is 30.0 Å². The molecule has 1 atom stereocenters. The highest BCUT2D eigenvalue weighted by atomic mass is 19.4. The molecule has 0 aliphatic carbocycles. The van der Waals surface area contributed by atoms with Gasteiger partial charge in [-0.3, -0.25) is 0 Å². The minimum absolute atomic E-state index is 0.136. The van der Waals surface area contributed by atoms with Crippen LogP contribution in [-0.2, 0) is 9.47 Å². The Morgan fingerprint density at radius 2 is 1.40 bits per heavy atom. The molecule has 0 spiro atoms. The Morgan fingerprint density at radius 3 is 1.76 bits per heavy atom. The van der Waals surface area contributed by atoms with E-state index in [0.717, 1.165) is 0 Å². The second-order valence-electron chi connectivity index (χ2n) is 5.64. The molecular formula is C13H18F9NO2. The van der Waals surface area contributed by atoms with E-state index in [1.807, 2.05) is 0 Å². The van der Waals surface area contributed by atoms with Gasteiger partial charge in [-0.2, -0.15) is 39.5 Å². The van der Waals surface area contributed by atoms with Crippen LogP contribution in [0.1, 0.15) is 19.8 Å². The largest absolute Gasteiger partial charge is 0.472 e. The summed E-state index contributed by atoms with van der Waals surface area (Å²) < 4.78 is 125. The minimum atomic E-state index is -6.35. The van der Waals surface area contributed by atoms with Crippen molar-refractivity contribution < 1.29 is 49.0 Å². The first-order chi connectivity index (χ1) is 11.1. The van der Waals surface area contributed by atoms with Crippen LogP contribution in [0, 0.1) is 0 Å². The predicted molar refractivity (Wildman–Crippen MR) is 69.5 cm³/mol. The number of nitrogens with zero attached hydrogens (tertiary/aromatic N) is 1. The van der Waals surface area contributed by atoms with Crippen molar-refractivity contribution in [3.8, 4) is 0 Å². The smallest absolute Gasteiger partial charge is 0.397 e. The molecule has 0 amide bonds. The van der Waals surface area contributed by atoms with Gasteiger partial charge in [0.25, 0.3) is 0 Å². The van der Waals surface area contributed by atoms with Crippen LogP contribution in [0.25, 0.3) is 0 Å². The molecule has 150 valence electrons. The molecule has 0 aliphatic heterocycles. The van der Waals surface area contributed by atoms with Crippen molar-refractivity contribution in [3.05, 3.63) is 12.1 Å². The molecule has 0 aliphatic rings. The lowest BCUT2D eigenvalue weighted by Gasteiger charge is -2.41. The minimum Gasteiger partial charge on any atom is -0.397 e. The highest BCUT2D eigenvalue weighted by Gasteiger charge is 2.79. The van der Waals surface area contributed by atoms with E-state index in [1.54, 1.807) is 14.1 Å². The molecule has 0 N–H and O–H groups in total. The lowest BCUT2D eigenvalue weighted by atomic mass is 9.87. The second kappa shape index (κ2) is 8.02. The molecule has 0 bridgehead atoms. The average Bonchev–Trinajstić information content (AvgIpc) is 2.45. The van der Waals surface area contributed by atoms with Crippen LogP contribution in [0.3, 0.4) is 0 Å². The third kappa shape index (κ3) is 4.93. The summed E-state index contributed by atoms with van der Waals surface area (Å²) in [7, 11) is 3.71. The van der Waals surface area contributed by atoms with Crippen molar-refractivity contribution in [3.63, 3.8) is 0 Å². The van der Waals surface area contributed by atoms with Crippen LogP contribution in [-0.4, -0.2) is 56.2 Å². The first-order valence-corrected chi connectivity index (χ1v) is 6.79. The Morgan fingerprint density at radius 1 is 0.920 bits per heavy atom. The molecule has 0 aromatic heterocycles. The first kappa shape index (κ1) is 23.8. The van der Waals surface area contributed by atoms with E-state index in [0.29, 0.717) is 14.0 Å². The van der Waals surface area contributed by atoms with Crippen LogP contribution in [0.4, 0.5) is 39.5 Å². The van der Waals surface area contributed by atoms with Crippen molar-refractivity contribution in [2.75, 3.05) is 27.7 Å². The van der Waals surface area contributed by atoms with Gasteiger partial charge in [-0.25, -0.2) is 0 Å². The van der Waals surface area contributed by atoms with Crippen molar-refractivity contribution in [2.45, 2.75) is 43.3 Å². The molecule has 25 heavy (non-hydrogen) atoms. The molecule has 0 saturated carbocycles. The number of alkyl halides is 6. The lowest BCUT2D eigenvalue weighted by molar-refractivity contribution is -0.417. The summed E-state index contributed by atoms with van der Waals surface area (Å²) in [5.41, 5.74) is -3.10. The van der Waals surface area contributed by atoms with Crippen molar-refractivity contribution in [1.29, 1.82) is 0 Å². The average molecular weight is 391 g/mol. The third-order valence-electron chi connectivity index (χ3n) is 3.50. The third-order valence-corrected chi connectivity index (χ3v) is 3.50. The van der Waals surface area contributed by atoms with E-state index in [9.17, 15) is 39.5 Å². The Hall–Kier alpha value is -1.17. The number of hydrogen-bond acceptors (Lipinski definition) is 3. The van der Waals surface area contributed by atoms with E-state index >= 15 is 0 Å². The van der Waals surface area contributed by atoms with Gasteiger partial charge in [-0.1, -0.05) is 0 Å². The summed E-state index contributed by atoms with van der Waals surface area (Å²) in [6.45, 7) is 0.604. The van der Waals surface area contributed by atoms with Crippen LogP contribution in [0.5, 0.6) is 0 Å². The molecule has 0 heterocycles. The molecule has 0 fully saturated rings. The fraction of sp³-hybridized carbons (Fsp3) is 0.846. The quantitative estimate of drug-likeness (QED) is 0.400. The van der Waals surface area contributed by atoms with E-state index < -0.39 is 42.1 Å². The molecule has 12 heteroatoms. The van der Waals surface area contributed by atoms with Gasteiger partial charge in [-0.15, -0.1) is 0 Å². The number of ether oxygens (including phenoxy) is 2. The maximum Gasteiger partial charge on any atom is 0.472 e. The summed E-state index contributed by atoms with van der Waals surface area (Å²) in [6, 6.07) is -3.38. The summed E-state index contributed by atoms with van der Waals surface area (Å²) in [5, 5.41) is 0. The predicted octanol–water partition coefficient (Wildman–Crippen LogP) is 4.65. The lowest BCUT2D eigenvalue weighted by Crippen LogP contribution is -2.65. The molecular weight excluding hydrogens is 373 g/mol. The topological polar surface area (TPSA) is 21.7 Å². The summed E-state index contributed by atoms with van der Waals surface area (Å²) in [5.74, 6) is -11.9. The number of methoxy groups -OCH3 is 1. The summed E-state index contributed by atoms with van der Waals surface area (Å²) >= 11 is 0. The first-order valence-electron chi connectivity index (χ1n) is 6.79. The molecule has 0 aromatic carbocycles. The molecule has 0 aromatic rings. The number of halogens is 9. The van der Waals surface area contributed by atoms with Gasteiger partial charge < -0.3 is 14.4 Å². The standard InChI is InChI=1S/C13H18F9NO2/c1-10(24-4,6-5-7-23(2)3)11(17,18)12(19,20)13(21,22)25-9(16)8(14)15/h5-7H2,1-4H3. The summed E-state index contributed by atoms with van der Waals surface area (Å²) in [6.07, 6.45) is -10.7.